The second kappa shape index (κ2) is 6.54. The summed E-state index contributed by atoms with van der Waals surface area (Å²) in [6.07, 6.45) is 0. The van der Waals surface area contributed by atoms with E-state index in [2.05, 4.69) is 5.32 Å². The molecule has 0 aliphatic heterocycles. The fourth-order valence-electron chi connectivity index (χ4n) is 1.32. The van der Waals surface area contributed by atoms with E-state index in [1.807, 2.05) is 0 Å². The molecule has 106 valence electrons. The van der Waals surface area contributed by atoms with Crippen molar-refractivity contribution in [1.82, 2.24) is 5.32 Å². The molecular weight excluding hydrogens is 266 g/mol. The number of primary amides is 1. The highest BCUT2D eigenvalue weighted by Crippen LogP contribution is 2.21. The van der Waals surface area contributed by atoms with Crippen LogP contribution in [-0.2, 0) is 9.59 Å². The molecule has 1 aromatic carbocycles. The lowest BCUT2D eigenvalue weighted by molar-refractivity contribution is -0.131. The lowest BCUT2D eigenvalue weighted by atomic mass is 10.0. The van der Waals surface area contributed by atoms with Crippen LogP contribution in [0.15, 0.2) is 24.3 Å². The maximum atomic E-state index is 11.9. The maximum Gasteiger partial charge on any atom is 0.242 e. The van der Waals surface area contributed by atoms with E-state index in [1.54, 1.807) is 24.3 Å². The molecule has 0 radical (unpaired) electrons. The van der Waals surface area contributed by atoms with Gasteiger partial charge in [-0.1, -0.05) is 37.2 Å². The molecule has 0 aliphatic carbocycles. The predicted molar refractivity (Wildman–Crippen MR) is 76.5 cm³/mol. The molecule has 19 heavy (non-hydrogen) atoms. The second-order valence-corrected chi connectivity index (χ2v) is 4.88. The summed E-state index contributed by atoms with van der Waals surface area (Å²) in [6.45, 7) is 3.01. The third-order valence-electron chi connectivity index (χ3n) is 2.57. The Hall–Kier alpha value is -1.59. The van der Waals surface area contributed by atoms with Gasteiger partial charge in [-0.15, -0.1) is 0 Å². The summed E-state index contributed by atoms with van der Waals surface area (Å²) in [5.41, 5.74) is 10.3. The summed E-state index contributed by atoms with van der Waals surface area (Å²) in [7, 11) is 0. The fraction of sp³-hybridized carbons (Fsp3) is 0.385. The quantitative estimate of drug-likeness (QED) is 0.779. The van der Waals surface area contributed by atoms with Crippen molar-refractivity contribution in [1.29, 1.82) is 0 Å². The van der Waals surface area contributed by atoms with Crippen LogP contribution in [-0.4, -0.2) is 17.4 Å². The molecule has 0 heterocycles. The van der Waals surface area contributed by atoms with Crippen molar-refractivity contribution in [3.63, 3.8) is 0 Å². The van der Waals surface area contributed by atoms with E-state index in [1.165, 1.54) is 13.8 Å². The van der Waals surface area contributed by atoms with Gasteiger partial charge in [0.15, 0.2) is 0 Å². The third kappa shape index (κ3) is 4.22. The summed E-state index contributed by atoms with van der Waals surface area (Å²) in [6, 6.07) is 5.82. The van der Waals surface area contributed by atoms with Crippen molar-refractivity contribution in [3.05, 3.63) is 34.9 Å². The Morgan fingerprint density at radius 3 is 2.32 bits per heavy atom. The number of carbonyl (C=O) groups excluding carboxylic acids is 2. The minimum absolute atomic E-state index is 0. The van der Waals surface area contributed by atoms with Gasteiger partial charge in [0.1, 0.15) is 11.6 Å². The SMILES string of the molecule is C.CC(C)(NC(=O)C(N)c1ccccc1Cl)C(N)=O. The summed E-state index contributed by atoms with van der Waals surface area (Å²) in [4.78, 5) is 23.0. The van der Waals surface area contributed by atoms with E-state index in [4.69, 9.17) is 23.1 Å². The van der Waals surface area contributed by atoms with E-state index >= 15 is 0 Å². The van der Waals surface area contributed by atoms with Crippen LogP contribution in [0.1, 0.15) is 32.9 Å². The molecule has 1 atom stereocenters. The number of carbonyl (C=O) groups is 2. The highest BCUT2D eigenvalue weighted by molar-refractivity contribution is 6.31. The van der Waals surface area contributed by atoms with Crippen molar-refractivity contribution in [3.8, 4) is 0 Å². The second-order valence-electron chi connectivity index (χ2n) is 4.48. The van der Waals surface area contributed by atoms with Gasteiger partial charge in [0, 0.05) is 5.02 Å². The van der Waals surface area contributed by atoms with Gasteiger partial charge in [-0.3, -0.25) is 9.59 Å². The highest BCUT2D eigenvalue weighted by Gasteiger charge is 2.30. The van der Waals surface area contributed by atoms with E-state index in [0.29, 0.717) is 10.6 Å². The van der Waals surface area contributed by atoms with Crippen molar-refractivity contribution in [2.24, 2.45) is 11.5 Å². The van der Waals surface area contributed by atoms with Gasteiger partial charge in [-0.2, -0.15) is 0 Å². The Balaban J connectivity index is 0.00000324. The zero-order chi connectivity index (χ0) is 13.9. The highest BCUT2D eigenvalue weighted by atomic mass is 35.5. The number of halogens is 1. The summed E-state index contributed by atoms with van der Waals surface area (Å²) < 4.78 is 0. The average Bonchev–Trinajstić information content (AvgIpc) is 2.28. The number of amides is 2. The van der Waals surface area contributed by atoms with Crippen LogP contribution in [0, 0.1) is 0 Å². The molecule has 0 aliphatic rings. The van der Waals surface area contributed by atoms with Gasteiger partial charge in [-0.05, 0) is 25.5 Å². The number of rotatable bonds is 4. The Labute approximate surface area is 118 Å². The molecular formula is C13H20ClN3O2. The topological polar surface area (TPSA) is 98.2 Å². The predicted octanol–water partition coefficient (Wildman–Crippen LogP) is 1.36. The van der Waals surface area contributed by atoms with E-state index in [9.17, 15) is 9.59 Å². The Morgan fingerprint density at radius 1 is 1.32 bits per heavy atom. The van der Waals surface area contributed by atoms with Crippen LogP contribution in [0.3, 0.4) is 0 Å². The molecule has 0 aromatic heterocycles. The minimum atomic E-state index is -1.16. The van der Waals surface area contributed by atoms with Gasteiger partial charge in [0.25, 0.3) is 0 Å². The van der Waals surface area contributed by atoms with Gasteiger partial charge in [0.05, 0.1) is 0 Å². The van der Waals surface area contributed by atoms with E-state index in [0.717, 1.165) is 0 Å². The van der Waals surface area contributed by atoms with Gasteiger partial charge >= 0.3 is 0 Å². The molecule has 0 saturated carbocycles. The number of hydrogen-bond acceptors (Lipinski definition) is 3. The average molecular weight is 286 g/mol. The molecule has 5 N–H and O–H groups in total. The van der Waals surface area contributed by atoms with Gasteiger partial charge < -0.3 is 16.8 Å². The first-order valence-electron chi connectivity index (χ1n) is 5.37. The van der Waals surface area contributed by atoms with Crippen LogP contribution in [0.2, 0.25) is 5.02 Å². The number of hydrogen-bond donors (Lipinski definition) is 3. The Kier molecular flexibility index (Phi) is 5.99. The van der Waals surface area contributed by atoms with Crippen LogP contribution in [0.4, 0.5) is 0 Å². The lowest BCUT2D eigenvalue weighted by Crippen LogP contribution is -2.55. The molecule has 1 rings (SSSR count). The van der Waals surface area contributed by atoms with E-state index in [-0.39, 0.29) is 7.43 Å². The molecule has 2 amide bonds. The summed E-state index contributed by atoms with van der Waals surface area (Å²) in [5, 5.41) is 2.88. The van der Waals surface area contributed by atoms with Crippen LogP contribution in [0.25, 0.3) is 0 Å². The molecule has 5 nitrogen and oxygen atoms in total. The maximum absolute atomic E-state index is 11.9. The van der Waals surface area contributed by atoms with Gasteiger partial charge in [0.2, 0.25) is 11.8 Å². The smallest absolute Gasteiger partial charge is 0.242 e. The van der Waals surface area contributed by atoms with Crippen molar-refractivity contribution < 1.29 is 9.59 Å². The first-order chi connectivity index (χ1) is 8.25. The lowest BCUT2D eigenvalue weighted by Gasteiger charge is -2.24. The Bertz CT molecular complexity index is 475. The molecule has 0 saturated heterocycles. The Morgan fingerprint density at radius 2 is 1.84 bits per heavy atom. The number of benzene rings is 1. The molecule has 6 heteroatoms. The molecule has 0 spiro atoms. The minimum Gasteiger partial charge on any atom is -0.368 e. The number of nitrogens with one attached hydrogen (secondary N) is 1. The zero-order valence-corrected chi connectivity index (χ0v) is 11.0. The largest absolute Gasteiger partial charge is 0.368 e. The molecule has 1 aromatic rings. The van der Waals surface area contributed by atoms with Gasteiger partial charge in [-0.25, -0.2) is 0 Å². The first-order valence-corrected chi connectivity index (χ1v) is 5.75. The van der Waals surface area contributed by atoms with Crippen molar-refractivity contribution in [2.75, 3.05) is 0 Å². The van der Waals surface area contributed by atoms with Crippen molar-refractivity contribution >= 4 is 23.4 Å². The van der Waals surface area contributed by atoms with Crippen LogP contribution >= 0.6 is 11.6 Å². The first kappa shape index (κ1) is 17.4. The fourth-order valence-corrected chi connectivity index (χ4v) is 1.57. The zero-order valence-electron chi connectivity index (χ0n) is 10.2. The standard InChI is InChI=1S/C12H16ClN3O2.CH4/c1-12(2,11(15)18)16-10(17)9(14)7-5-3-4-6-8(7)13;/h3-6,9H,14H2,1-2H3,(H2,15,18)(H,16,17);1H4. The third-order valence-corrected chi connectivity index (χ3v) is 2.92. The summed E-state index contributed by atoms with van der Waals surface area (Å²) in [5.74, 6) is -1.14. The van der Waals surface area contributed by atoms with Crippen molar-refractivity contribution in [2.45, 2.75) is 32.9 Å². The summed E-state index contributed by atoms with van der Waals surface area (Å²) >= 11 is 5.95. The van der Waals surface area contributed by atoms with E-state index < -0.39 is 23.4 Å². The molecule has 0 fully saturated rings. The number of nitrogens with two attached hydrogens (primary N) is 2. The van der Waals surface area contributed by atoms with Crippen LogP contribution < -0.4 is 16.8 Å². The molecule has 1 unspecified atom stereocenters. The normalized spacial score (nSPS) is 12.2. The molecule has 0 bridgehead atoms. The monoisotopic (exact) mass is 285 g/mol. The van der Waals surface area contributed by atoms with Crippen LogP contribution in [0.5, 0.6) is 0 Å².